The van der Waals surface area contributed by atoms with Crippen LogP contribution >= 0.6 is 0 Å². The van der Waals surface area contributed by atoms with E-state index in [4.69, 9.17) is 14.2 Å². The van der Waals surface area contributed by atoms with Gasteiger partial charge < -0.3 is 14.2 Å². The molecule has 2 heterocycles. The minimum atomic E-state index is -0.168. The summed E-state index contributed by atoms with van der Waals surface area (Å²) in [4.78, 5) is 21.3. The van der Waals surface area contributed by atoms with E-state index in [1.165, 1.54) is 14.2 Å². The van der Waals surface area contributed by atoms with Gasteiger partial charge in [-0.2, -0.15) is 15.1 Å². The van der Waals surface area contributed by atoms with Crippen LogP contribution in [0.4, 0.5) is 0 Å². The maximum absolute atomic E-state index is 12.9. The molecule has 1 aliphatic rings. The normalized spacial score (nSPS) is 13.7. The van der Waals surface area contributed by atoms with Crippen LogP contribution in [0, 0.1) is 6.92 Å². The average molecular weight is 354 g/mol. The maximum Gasteiger partial charge on any atom is 0.328 e. The third-order valence-electron chi connectivity index (χ3n) is 4.27. The molecule has 8 heteroatoms. The Morgan fingerprint density at radius 1 is 1.12 bits per heavy atom. The molecule has 0 radical (unpaired) electrons. The zero-order chi connectivity index (χ0) is 18.3. The zero-order valence-electron chi connectivity index (χ0n) is 14.7. The van der Waals surface area contributed by atoms with Crippen LogP contribution in [0.2, 0.25) is 0 Å². The minimum Gasteiger partial charge on any atom is -0.481 e. The van der Waals surface area contributed by atoms with Gasteiger partial charge in [0.15, 0.2) is 0 Å². The molecule has 3 aromatic rings. The van der Waals surface area contributed by atoms with E-state index in [-0.39, 0.29) is 17.6 Å². The second kappa shape index (κ2) is 6.29. The molecule has 0 N–H and O–H groups in total. The average Bonchev–Trinajstić information content (AvgIpc) is 3.49. The number of methoxy groups -OCH3 is 2. The van der Waals surface area contributed by atoms with Crippen LogP contribution in [0.5, 0.6) is 23.5 Å². The van der Waals surface area contributed by atoms with Gasteiger partial charge in [0.05, 0.1) is 37.4 Å². The molecule has 134 valence electrons. The molecule has 1 aliphatic carbocycles. The minimum absolute atomic E-state index is 0.0422. The van der Waals surface area contributed by atoms with Crippen molar-refractivity contribution in [2.75, 3.05) is 14.2 Å². The fourth-order valence-electron chi connectivity index (χ4n) is 2.82. The summed E-state index contributed by atoms with van der Waals surface area (Å²) in [6, 6.07) is 7.15. The SMILES string of the molecule is COc1cc(OC)nc(Oc2cccc3c(C)nn(C4CC4)c(=O)c23)n1. The summed E-state index contributed by atoms with van der Waals surface area (Å²) in [6.07, 6.45) is 1.94. The Morgan fingerprint density at radius 3 is 2.42 bits per heavy atom. The van der Waals surface area contributed by atoms with Gasteiger partial charge in [0.2, 0.25) is 11.8 Å². The molecule has 8 nitrogen and oxygen atoms in total. The van der Waals surface area contributed by atoms with Crippen LogP contribution in [0.15, 0.2) is 29.1 Å². The van der Waals surface area contributed by atoms with Gasteiger partial charge in [-0.05, 0) is 25.8 Å². The molecule has 0 atom stereocenters. The van der Waals surface area contributed by atoms with E-state index in [1.54, 1.807) is 16.8 Å². The molecule has 1 aromatic carbocycles. The molecule has 0 unspecified atom stereocenters. The number of nitrogens with zero attached hydrogens (tertiary/aromatic N) is 4. The molecule has 26 heavy (non-hydrogen) atoms. The second-order valence-electron chi connectivity index (χ2n) is 6.08. The number of benzene rings is 1. The second-order valence-corrected chi connectivity index (χ2v) is 6.08. The van der Waals surface area contributed by atoms with Gasteiger partial charge >= 0.3 is 6.01 Å². The number of fused-ring (bicyclic) bond motifs is 1. The third-order valence-corrected chi connectivity index (χ3v) is 4.27. The van der Waals surface area contributed by atoms with Gasteiger partial charge in [0, 0.05) is 5.39 Å². The van der Waals surface area contributed by atoms with Crippen LogP contribution in [-0.4, -0.2) is 34.0 Å². The lowest BCUT2D eigenvalue weighted by atomic mass is 10.1. The highest BCUT2D eigenvalue weighted by molar-refractivity contribution is 5.89. The van der Waals surface area contributed by atoms with E-state index in [0.717, 1.165) is 23.9 Å². The van der Waals surface area contributed by atoms with Crippen molar-refractivity contribution in [3.05, 3.63) is 40.3 Å². The summed E-state index contributed by atoms with van der Waals surface area (Å²) in [6.45, 7) is 1.88. The zero-order valence-corrected chi connectivity index (χ0v) is 14.7. The number of aryl methyl sites for hydroxylation is 1. The van der Waals surface area contributed by atoms with E-state index >= 15 is 0 Å². The molecule has 0 amide bonds. The molecule has 1 fully saturated rings. The van der Waals surface area contributed by atoms with Crippen LogP contribution in [0.1, 0.15) is 24.6 Å². The summed E-state index contributed by atoms with van der Waals surface area (Å²) in [5.74, 6) is 0.989. The first-order chi connectivity index (χ1) is 12.6. The monoisotopic (exact) mass is 354 g/mol. The Kier molecular flexibility index (Phi) is 3.95. The van der Waals surface area contributed by atoms with Crippen molar-refractivity contribution in [2.24, 2.45) is 0 Å². The molecule has 1 saturated carbocycles. The van der Waals surface area contributed by atoms with Crippen molar-refractivity contribution < 1.29 is 14.2 Å². The quantitative estimate of drug-likeness (QED) is 0.696. The highest BCUT2D eigenvalue weighted by atomic mass is 16.5. The fourth-order valence-corrected chi connectivity index (χ4v) is 2.82. The molecular formula is C18H18N4O4. The number of rotatable bonds is 5. The van der Waals surface area contributed by atoms with Gasteiger partial charge in [-0.1, -0.05) is 12.1 Å². The Hall–Kier alpha value is -3.16. The van der Waals surface area contributed by atoms with Gasteiger partial charge in [-0.3, -0.25) is 4.79 Å². The Balaban J connectivity index is 1.86. The van der Waals surface area contributed by atoms with Crippen LogP contribution in [0.3, 0.4) is 0 Å². The number of hydrogen-bond acceptors (Lipinski definition) is 7. The largest absolute Gasteiger partial charge is 0.481 e. The third kappa shape index (κ3) is 2.83. The standard InChI is InChI=1S/C18H18N4O4/c1-10-12-5-4-6-13(16(12)17(23)22(21-10)11-7-8-11)26-18-19-14(24-2)9-15(20-18)25-3/h4-6,9,11H,7-8H2,1-3H3. The Bertz CT molecular complexity index is 1020. The van der Waals surface area contributed by atoms with E-state index < -0.39 is 0 Å². The first kappa shape index (κ1) is 16.3. The molecule has 0 aliphatic heterocycles. The Morgan fingerprint density at radius 2 is 1.81 bits per heavy atom. The number of hydrogen-bond donors (Lipinski definition) is 0. The van der Waals surface area contributed by atoms with Crippen LogP contribution < -0.4 is 19.8 Å². The topological polar surface area (TPSA) is 88.4 Å². The summed E-state index contributed by atoms with van der Waals surface area (Å²) in [7, 11) is 2.99. The van der Waals surface area contributed by atoms with Crippen molar-refractivity contribution in [2.45, 2.75) is 25.8 Å². The smallest absolute Gasteiger partial charge is 0.328 e. The van der Waals surface area contributed by atoms with Crippen molar-refractivity contribution in [3.63, 3.8) is 0 Å². The summed E-state index contributed by atoms with van der Waals surface area (Å²) in [5, 5.41) is 5.66. The lowest BCUT2D eigenvalue weighted by Gasteiger charge is -2.12. The van der Waals surface area contributed by atoms with Crippen LogP contribution in [0.25, 0.3) is 10.8 Å². The highest BCUT2D eigenvalue weighted by Crippen LogP contribution is 2.35. The predicted octanol–water partition coefficient (Wildman–Crippen LogP) is 2.64. The molecule has 0 saturated heterocycles. The first-order valence-electron chi connectivity index (χ1n) is 8.27. The predicted molar refractivity (Wildman–Crippen MR) is 94.2 cm³/mol. The molecule has 4 rings (SSSR count). The lowest BCUT2D eigenvalue weighted by molar-refractivity contribution is 0.348. The summed E-state index contributed by atoms with van der Waals surface area (Å²) in [5.41, 5.74) is 0.611. The molecule has 2 aromatic heterocycles. The maximum atomic E-state index is 12.9. The van der Waals surface area contributed by atoms with Crippen molar-refractivity contribution >= 4 is 10.8 Å². The van der Waals surface area contributed by atoms with Crippen molar-refractivity contribution in [3.8, 4) is 23.5 Å². The van der Waals surface area contributed by atoms with Gasteiger partial charge in [0.25, 0.3) is 5.56 Å². The molecule has 0 bridgehead atoms. The van der Waals surface area contributed by atoms with Gasteiger partial charge in [0.1, 0.15) is 5.75 Å². The summed E-state index contributed by atoms with van der Waals surface area (Å²) >= 11 is 0. The van der Waals surface area contributed by atoms with Gasteiger partial charge in [-0.25, -0.2) is 4.68 Å². The van der Waals surface area contributed by atoms with Gasteiger partial charge in [-0.15, -0.1) is 0 Å². The van der Waals surface area contributed by atoms with E-state index in [1.807, 2.05) is 19.1 Å². The first-order valence-corrected chi connectivity index (χ1v) is 8.27. The fraction of sp³-hybridized carbons (Fsp3) is 0.333. The molecule has 0 spiro atoms. The number of aromatic nitrogens is 4. The van der Waals surface area contributed by atoms with Crippen LogP contribution in [-0.2, 0) is 0 Å². The summed E-state index contributed by atoms with van der Waals surface area (Å²) < 4.78 is 17.7. The van der Waals surface area contributed by atoms with E-state index in [9.17, 15) is 4.79 Å². The van der Waals surface area contributed by atoms with Crippen molar-refractivity contribution in [1.82, 2.24) is 19.7 Å². The van der Waals surface area contributed by atoms with E-state index in [0.29, 0.717) is 22.9 Å². The Labute approximate surface area is 149 Å². The lowest BCUT2D eigenvalue weighted by Crippen LogP contribution is -2.23. The number of ether oxygens (including phenoxy) is 3. The molecular weight excluding hydrogens is 336 g/mol. The highest BCUT2D eigenvalue weighted by Gasteiger charge is 2.27. The van der Waals surface area contributed by atoms with E-state index in [2.05, 4.69) is 15.1 Å². The van der Waals surface area contributed by atoms with Crippen molar-refractivity contribution in [1.29, 1.82) is 0 Å².